The van der Waals surface area contributed by atoms with Crippen LogP contribution in [-0.2, 0) is 0 Å². The van der Waals surface area contributed by atoms with E-state index in [4.69, 9.17) is 5.26 Å². The monoisotopic (exact) mass is 293 g/mol. The van der Waals surface area contributed by atoms with Crippen molar-refractivity contribution in [2.24, 2.45) is 0 Å². The van der Waals surface area contributed by atoms with E-state index in [9.17, 15) is 4.79 Å². The van der Waals surface area contributed by atoms with Crippen molar-refractivity contribution in [2.75, 3.05) is 11.9 Å². The molecule has 2 aromatic rings. The molecule has 1 heterocycles. The number of benzene rings is 1. The Bertz CT molecular complexity index is 748. The van der Waals surface area contributed by atoms with Crippen LogP contribution in [0, 0.1) is 18.3 Å². The van der Waals surface area contributed by atoms with Crippen LogP contribution in [0.5, 0.6) is 0 Å². The molecule has 0 radical (unpaired) electrons. The van der Waals surface area contributed by atoms with Crippen molar-refractivity contribution in [2.45, 2.75) is 6.92 Å². The van der Waals surface area contributed by atoms with E-state index >= 15 is 0 Å². The fraction of sp³-hybridized carbons (Fsp3) is 0.125. The van der Waals surface area contributed by atoms with Crippen molar-refractivity contribution in [3.63, 3.8) is 0 Å². The standard InChI is InChI=1S/C16H15N5O/c1-3-7-18-15(22)14-8-11(2)19-16(21-14)20-13-6-4-5-12(9-13)10-17/h3-6,8-9H,1,7H2,2H3,(H,18,22)(H,19,20,21). The van der Waals surface area contributed by atoms with E-state index in [-0.39, 0.29) is 11.6 Å². The molecule has 22 heavy (non-hydrogen) atoms. The van der Waals surface area contributed by atoms with E-state index in [0.29, 0.717) is 29.4 Å². The van der Waals surface area contributed by atoms with Crippen molar-refractivity contribution in [3.8, 4) is 6.07 Å². The topological polar surface area (TPSA) is 90.7 Å². The van der Waals surface area contributed by atoms with Crippen molar-refractivity contribution < 1.29 is 4.79 Å². The molecule has 0 aliphatic carbocycles. The second-order valence-corrected chi connectivity index (χ2v) is 4.53. The van der Waals surface area contributed by atoms with E-state index in [1.165, 1.54) is 0 Å². The Morgan fingerprint density at radius 1 is 1.41 bits per heavy atom. The van der Waals surface area contributed by atoms with Crippen LogP contribution in [0.15, 0.2) is 43.0 Å². The SMILES string of the molecule is C=CCNC(=O)c1cc(C)nc(Nc2cccc(C#N)c2)n1. The molecule has 0 bridgehead atoms. The molecule has 6 nitrogen and oxygen atoms in total. The highest BCUT2D eigenvalue weighted by Crippen LogP contribution is 2.15. The fourth-order valence-corrected chi connectivity index (χ4v) is 1.79. The quantitative estimate of drug-likeness (QED) is 0.825. The van der Waals surface area contributed by atoms with Crippen LogP contribution in [0.25, 0.3) is 0 Å². The van der Waals surface area contributed by atoms with E-state index in [0.717, 1.165) is 0 Å². The van der Waals surface area contributed by atoms with Crippen LogP contribution >= 0.6 is 0 Å². The molecule has 0 unspecified atom stereocenters. The molecule has 6 heteroatoms. The average molecular weight is 293 g/mol. The van der Waals surface area contributed by atoms with Gasteiger partial charge < -0.3 is 10.6 Å². The second kappa shape index (κ2) is 6.99. The summed E-state index contributed by atoms with van der Waals surface area (Å²) in [6, 6.07) is 10.6. The summed E-state index contributed by atoms with van der Waals surface area (Å²) in [5.41, 5.74) is 2.15. The van der Waals surface area contributed by atoms with Gasteiger partial charge in [-0.05, 0) is 31.2 Å². The summed E-state index contributed by atoms with van der Waals surface area (Å²) in [7, 11) is 0. The molecule has 0 aliphatic rings. The molecular formula is C16H15N5O. The molecule has 0 saturated heterocycles. The fourth-order valence-electron chi connectivity index (χ4n) is 1.79. The molecular weight excluding hydrogens is 278 g/mol. The number of hydrogen-bond acceptors (Lipinski definition) is 5. The minimum atomic E-state index is -0.292. The zero-order valence-electron chi connectivity index (χ0n) is 12.1. The third kappa shape index (κ3) is 3.90. The van der Waals surface area contributed by atoms with E-state index < -0.39 is 0 Å². The summed E-state index contributed by atoms with van der Waals surface area (Å²) in [5, 5.41) is 14.6. The maximum atomic E-state index is 11.9. The summed E-state index contributed by atoms with van der Waals surface area (Å²) in [4.78, 5) is 20.4. The van der Waals surface area contributed by atoms with Gasteiger partial charge in [-0.1, -0.05) is 12.1 Å². The first-order chi connectivity index (χ1) is 10.6. The van der Waals surface area contributed by atoms with Gasteiger partial charge in [0, 0.05) is 17.9 Å². The number of carbonyl (C=O) groups is 1. The van der Waals surface area contributed by atoms with Crippen molar-refractivity contribution in [3.05, 3.63) is 59.9 Å². The van der Waals surface area contributed by atoms with Gasteiger partial charge in [0.25, 0.3) is 5.91 Å². The highest BCUT2D eigenvalue weighted by atomic mass is 16.1. The number of aromatic nitrogens is 2. The van der Waals surface area contributed by atoms with Crippen molar-refractivity contribution in [1.82, 2.24) is 15.3 Å². The Hall–Kier alpha value is -3.20. The van der Waals surface area contributed by atoms with Crippen molar-refractivity contribution >= 4 is 17.5 Å². The predicted octanol–water partition coefficient (Wildman–Crippen LogP) is 2.32. The largest absolute Gasteiger partial charge is 0.347 e. The minimum absolute atomic E-state index is 0.272. The van der Waals surface area contributed by atoms with Crippen LogP contribution in [-0.4, -0.2) is 22.4 Å². The Morgan fingerprint density at radius 2 is 2.23 bits per heavy atom. The first kappa shape index (κ1) is 15.2. The van der Waals surface area contributed by atoms with Gasteiger partial charge in [0.05, 0.1) is 11.6 Å². The number of rotatable bonds is 5. The van der Waals surface area contributed by atoms with Gasteiger partial charge >= 0.3 is 0 Å². The highest BCUT2D eigenvalue weighted by Gasteiger charge is 2.10. The second-order valence-electron chi connectivity index (χ2n) is 4.53. The molecule has 1 amide bonds. The molecule has 110 valence electrons. The Labute approximate surface area is 128 Å². The molecule has 1 aromatic heterocycles. The number of nitrogens with one attached hydrogen (secondary N) is 2. The number of aryl methyl sites for hydroxylation is 1. The molecule has 2 N–H and O–H groups in total. The van der Waals surface area contributed by atoms with Gasteiger partial charge in [0.2, 0.25) is 5.95 Å². The number of anilines is 2. The van der Waals surface area contributed by atoms with Crippen LogP contribution < -0.4 is 10.6 Å². The smallest absolute Gasteiger partial charge is 0.270 e. The van der Waals surface area contributed by atoms with E-state index in [1.54, 1.807) is 43.3 Å². The summed E-state index contributed by atoms with van der Waals surface area (Å²) < 4.78 is 0. The Balaban J connectivity index is 2.24. The van der Waals surface area contributed by atoms with Crippen LogP contribution in [0.1, 0.15) is 21.7 Å². The summed E-state index contributed by atoms with van der Waals surface area (Å²) >= 11 is 0. The summed E-state index contributed by atoms with van der Waals surface area (Å²) in [5.74, 6) is 0.0121. The molecule has 2 rings (SSSR count). The molecule has 0 spiro atoms. The zero-order valence-corrected chi connectivity index (χ0v) is 12.1. The molecule has 0 aliphatic heterocycles. The van der Waals surface area contributed by atoms with Gasteiger partial charge in [0.15, 0.2) is 0 Å². The number of amides is 1. The molecule has 0 atom stereocenters. The number of hydrogen-bond donors (Lipinski definition) is 2. The van der Waals surface area contributed by atoms with Gasteiger partial charge in [-0.3, -0.25) is 4.79 Å². The molecule has 0 fully saturated rings. The predicted molar refractivity (Wildman–Crippen MR) is 83.7 cm³/mol. The normalized spacial score (nSPS) is 9.64. The lowest BCUT2D eigenvalue weighted by atomic mass is 10.2. The zero-order chi connectivity index (χ0) is 15.9. The maximum absolute atomic E-state index is 11.9. The van der Waals surface area contributed by atoms with Crippen LogP contribution in [0.2, 0.25) is 0 Å². The summed E-state index contributed by atoms with van der Waals surface area (Å²) in [6.45, 7) is 5.70. The molecule has 0 saturated carbocycles. The summed E-state index contributed by atoms with van der Waals surface area (Å²) in [6.07, 6.45) is 1.60. The van der Waals surface area contributed by atoms with E-state index in [2.05, 4.69) is 33.2 Å². The first-order valence-electron chi connectivity index (χ1n) is 6.64. The minimum Gasteiger partial charge on any atom is -0.347 e. The lowest BCUT2D eigenvalue weighted by Crippen LogP contribution is -2.24. The maximum Gasteiger partial charge on any atom is 0.270 e. The Kier molecular flexibility index (Phi) is 4.83. The Morgan fingerprint density at radius 3 is 2.95 bits per heavy atom. The van der Waals surface area contributed by atoms with Crippen LogP contribution in [0.3, 0.4) is 0 Å². The van der Waals surface area contributed by atoms with Crippen LogP contribution in [0.4, 0.5) is 11.6 Å². The average Bonchev–Trinajstić information content (AvgIpc) is 2.52. The van der Waals surface area contributed by atoms with Gasteiger partial charge in [-0.25, -0.2) is 9.97 Å². The van der Waals surface area contributed by atoms with Gasteiger partial charge in [-0.2, -0.15) is 5.26 Å². The number of nitriles is 1. The third-order valence-corrected chi connectivity index (χ3v) is 2.74. The molecule has 1 aromatic carbocycles. The van der Waals surface area contributed by atoms with E-state index in [1.807, 2.05) is 0 Å². The first-order valence-corrected chi connectivity index (χ1v) is 6.64. The third-order valence-electron chi connectivity index (χ3n) is 2.74. The number of nitrogens with zero attached hydrogens (tertiary/aromatic N) is 3. The van der Waals surface area contributed by atoms with Gasteiger partial charge in [-0.15, -0.1) is 6.58 Å². The van der Waals surface area contributed by atoms with Crippen molar-refractivity contribution in [1.29, 1.82) is 5.26 Å². The number of carbonyl (C=O) groups excluding carboxylic acids is 1. The van der Waals surface area contributed by atoms with Gasteiger partial charge in [0.1, 0.15) is 5.69 Å². The lowest BCUT2D eigenvalue weighted by Gasteiger charge is -2.08. The highest BCUT2D eigenvalue weighted by molar-refractivity contribution is 5.92. The lowest BCUT2D eigenvalue weighted by molar-refractivity contribution is 0.0953.